The van der Waals surface area contributed by atoms with Crippen molar-refractivity contribution in [1.29, 1.82) is 0 Å². The van der Waals surface area contributed by atoms with E-state index in [4.69, 9.17) is 0 Å². The van der Waals surface area contributed by atoms with Gasteiger partial charge in [0.25, 0.3) is 0 Å². The molecule has 0 aromatic carbocycles. The molecule has 0 amide bonds. The SMILES string of the molecule is CC(C)CCCC(O)c1nccn1C. The van der Waals surface area contributed by atoms with Gasteiger partial charge in [0.2, 0.25) is 0 Å². The van der Waals surface area contributed by atoms with Crippen molar-refractivity contribution in [2.45, 2.75) is 39.2 Å². The first-order valence-electron chi connectivity index (χ1n) is 5.26. The van der Waals surface area contributed by atoms with E-state index in [1.807, 2.05) is 17.8 Å². The molecule has 0 aliphatic rings. The van der Waals surface area contributed by atoms with Gasteiger partial charge in [-0.15, -0.1) is 0 Å². The van der Waals surface area contributed by atoms with E-state index < -0.39 is 6.10 Å². The summed E-state index contributed by atoms with van der Waals surface area (Å²) < 4.78 is 1.88. The minimum Gasteiger partial charge on any atom is -0.385 e. The van der Waals surface area contributed by atoms with Crippen LogP contribution in [0.1, 0.15) is 45.0 Å². The number of hydrogen-bond donors (Lipinski definition) is 1. The van der Waals surface area contributed by atoms with Crippen molar-refractivity contribution in [3.05, 3.63) is 18.2 Å². The third kappa shape index (κ3) is 3.14. The van der Waals surface area contributed by atoms with Gasteiger partial charge in [0.15, 0.2) is 0 Å². The standard InChI is InChI=1S/C11H20N2O/c1-9(2)5-4-6-10(14)11-12-7-8-13(11)3/h7-10,14H,4-6H2,1-3H3. The first-order chi connectivity index (χ1) is 6.61. The Morgan fingerprint density at radius 2 is 2.14 bits per heavy atom. The summed E-state index contributed by atoms with van der Waals surface area (Å²) in [5.41, 5.74) is 0. The van der Waals surface area contributed by atoms with Crippen molar-refractivity contribution in [1.82, 2.24) is 9.55 Å². The summed E-state index contributed by atoms with van der Waals surface area (Å²) in [6.45, 7) is 4.40. The molecule has 1 aromatic heterocycles. The summed E-state index contributed by atoms with van der Waals surface area (Å²) in [6, 6.07) is 0. The van der Waals surface area contributed by atoms with E-state index in [-0.39, 0.29) is 0 Å². The van der Waals surface area contributed by atoms with Gasteiger partial charge in [-0.1, -0.05) is 26.7 Å². The molecule has 80 valence electrons. The smallest absolute Gasteiger partial charge is 0.137 e. The lowest BCUT2D eigenvalue weighted by Gasteiger charge is -2.11. The van der Waals surface area contributed by atoms with Crippen LogP contribution in [0.2, 0.25) is 0 Å². The zero-order valence-corrected chi connectivity index (χ0v) is 9.27. The third-order valence-corrected chi connectivity index (χ3v) is 2.42. The van der Waals surface area contributed by atoms with Gasteiger partial charge in [0.1, 0.15) is 11.9 Å². The fraction of sp³-hybridized carbons (Fsp3) is 0.727. The van der Waals surface area contributed by atoms with Crippen LogP contribution in [0.5, 0.6) is 0 Å². The summed E-state index contributed by atoms with van der Waals surface area (Å²) >= 11 is 0. The second kappa shape index (κ2) is 5.15. The Morgan fingerprint density at radius 1 is 1.43 bits per heavy atom. The molecule has 1 N–H and O–H groups in total. The average Bonchev–Trinajstić information content (AvgIpc) is 2.50. The Morgan fingerprint density at radius 3 is 2.64 bits per heavy atom. The monoisotopic (exact) mass is 196 g/mol. The van der Waals surface area contributed by atoms with Crippen LogP contribution < -0.4 is 0 Å². The van der Waals surface area contributed by atoms with E-state index in [2.05, 4.69) is 18.8 Å². The highest BCUT2D eigenvalue weighted by molar-refractivity contribution is 4.95. The highest BCUT2D eigenvalue weighted by Crippen LogP contribution is 2.18. The number of nitrogens with zero attached hydrogens (tertiary/aromatic N) is 2. The van der Waals surface area contributed by atoms with Crippen LogP contribution in [0.25, 0.3) is 0 Å². The average molecular weight is 196 g/mol. The normalized spacial score (nSPS) is 13.5. The lowest BCUT2D eigenvalue weighted by Crippen LogP contribution is -2.05. The van der Waals surface area contributed by atoms with Crippen LogP contribution in [0, 0.1) is 5.92 Å². The molecule has 1 aromatic rings. The molecular weight excluding hydrogens is 176 g/mol. The summed E-state index contributed by atoms with van der Waals surface area (Å²) in [6.07, 6.45) is 6.21. The largest absolute Gasteiger partial charge is 0.385 e. The zero-order valence-electron chi connectivity index (χ0n) is 9.27. The Labute approximate surface area is 85.8 Å². The van der Waals surface area contributed by atoms with E-state index in [0.29, 0.717) is 5.92 Å². The van der Waals surface area contributed by atoms with Crippen LogP contribution in [0.3, 0.4) is 0 Å². The van der Waals surface area contributed by atoms with Gasteiger partial charge in [-0.3, -0.25) is 0 Å². The van der Waals surface area contributed by atoms with Crippen molar-refractivity contribution in [2.75, 3.05) is 0 Å². The van der Waals surface area contributed by atoms with Gasteiger partial charge in [0, 0.05) is 19.4 Å². The predicted molar refractivity (Wildman–Crippen MR) is 56.9 cm³/mol. The highest BCUT2D eigenvalue weighted by Gasteiger charge is 2.11. The van der Waals surface area contributed by atoms with E-state index >= 15 is 0 Å². The summed E-state index contributed by atoms with van der Waals surface area (Å²) in [4.78, 5) is 4.13. The van der Waals surface area contributed by atoms with Gasteiger partial charge in [-0.2, -0.15) is 0 Å². The summed E-state index contributed by atoms with van der Waals surface area (Å²) in [7, 11) is 1.91. The maximum absolute atomic E-state index is 9.82. The molecule has 3 heteroatoms. The predicted octanol–water partition coefficient (Wildman–Crippen LogP) is 2.28. The molecule has 0 aliphatic carbocycles. The topological polar surface area (TPSA) is 38.1 Å². The molecule has 0 bridgehead atoms. The lowest BCUT2D eigenvalue weighted by molar-refractivity contribution is 0.149. The molecule has 0 spiro atoms. The molecular formula is C11H20N2O. The summed E-state index contributed by atoms with van der Waals surface area (Å²) in [5.74, 6) is 1.48. The molecule has 1 unspecified atom stereocenters. The highest BCUT2D eigenvalue weighted by atomic mass is 16.3. The molecule has 0 aliphatic heterocycles. The Hall–Kier alpha value is -0.830. The zero-order chi connectivity index (χ0) is 10.6. The number of aliphatic hydroxyl groups is 1. The molecule has 1 heterocycles. The molecule has 1 atom stereocenters. The van der Waals surface area contributed by atoms with Crippen LogP contribution in [-0.2, 0) is 7.05 Å². The van der Waals surface area contributed by atoms with Gasteiger partial charge in [-0.25, -0.2) is 4.98 Å². The molecule has 1 rings (SSSR count). The number of imidazole rings is 1. The van der Waals surface area contributed by atoms with E-state index in [0.717, 1.165) is 18.7 Å². The minimum atomic E-state index is -0.409. The van der Waals surface area contributed by atoms with Crippen molar-refractivity contribution < 1.29 is 5.11 Å². The van der Waals surface area contributed by atoms with E-state index in [1.54, 1.807) is 6.20 Å². The molecule has 0 radical (unpaired) electrons. The quantitative estimate of drug-likeness (QED) is 0.784. The third-order valence-electron chi connectivity index (χ3n) is 2.42. The second-order valence-corrected chi connectivity index (χ2v) is 4.24. The number of aryl methyl sites for hydroxylation is 1. The molecule has 0 fully saturated rings. The first-order valence-corrected chi connectivity index (χ1v) is 5.26. The number of hydrogen-bond acceptors (Lipinski definition) is 2. The van der Waals surface area contributed by atoms with Gasteiger partial charge >= 0.3 is 0 Å². The fourth-order valence-electron chi connectivity index (χ4n) is 1.55. The van der Waals surface area contributed by atoms with Crippen molar-refractivity contribution in [2.24, 2.45) is 13.0 Å². The van der Waals surface area contributed by atoms with Crippen molar-refractivity contribution >= 4 is 0 Å². The van der Waals surface area contributed by atoms with Crippen molar-refractivity contribution in [3.8, 4) is 0 Å². The van der Waals surface area contributed by atoms with Gasteiger partial charge in [-0.05, 0) is 12.3 Å². The Kier molecular flexibility index (Phi) is 4.14. The maximum Gasteiger partial charge on any atom is 0.137 e. The number of aromatic nitrogens is 2. The van der Waals surface area contributed by atoms with Crippen LogP contribution >= 0.6 is 0 Å². The molecule has 3 nitrogen and oxygen atoms in total. The summed E-state index contributed by atoms with van der Waals surface area (Å²) in [5, 5.41) is 9.82. The Bertz CT molecular complexity index is 268. The van der Waals surface area contributed by atoms with Crippen LogP contribution in [0.4, 0.5) is 0 Å². The molecule has 14 heavy (non-hydrogen) atoms. The van der Waals surface area contributed by atoms with Gasteiger partial charge < -0.3 is 9.67 Å². The fourth-order valence-corrected chi connectivity index (χ4v) is 1.55. The molecule has 0 saturated carbocycles. The van der Waals surface area contributed by atoms with Crippen LogP contribution in [-0.4, -0.2) is 14.7 Å². The Balaban J connectivity index is 2.36. The number of rotatable bonds is 5. The second-order valence-electron chi connectivity index (χ2n) is 4.24. The van der Waals surface area contributed by atoms with Gasteiger partial charge in [0.05, 0.1) is 0 Å². The molecule has 0 saturated heterocycles. The van der Waals surface area contributed by atoms with E-state index in [9.17, 15) is 5.11 Å². The maximum atomic E-state index is 9.82. The number of aliphatic hydroxyl groups excluding tert-OH is 1. The first kappa shape index (κ1) is 11.2. The lowest BCUT2D eigenvalue weighted by atomic mass is 10.0. The van der Waals surface area contributed by atoms with Crippen molar-refractivity contribution in [3.63, 3.8) is 0 Å². The van der Waals surface area contributed by atoms with Crippen LogP contribution in [0.15, 0.2) is 12.4 Å². The van der Waals surface area contributed by atoms with E-state index in [1.165, 1.54) is 6.42 Å². The minimum absolute atomic E-state index is 0.409.